The number of nitrogens with zero attached hydrogens (tertiary/aromatic N) is 1. The molecule has 0 radical (unpaired) electrons. The molecule has 3 aromatic rings. The highest BCUT2D eigenvalue weighted by molar-refractivity contribution is 7.12. The van der Waals surface area contributed by atoms with Crippen LogP contribution in [0.5, 0.6) is 11.5 Å². The lowest BCUT2D eigenvalue weighted by atomic mass is 9.90. The van der Waals surface area contributed by atoms with Gasteiger partial charge in [0.25, 0.3) is 11.8 Å². The van der Waals surface area contributed by atoms with Gasteiger partial charge in [0.2, 0.25) is 6.79 Å². The van der Waals surface area contributed by atoms with E-state index in [1.807, 2.05) is 40.6 Å². The van der Waals surface area contributed by atoms with Crippen LogP contribution in [-0.4, -0.2) is 35.6 Å². The zero-order valence-electron chi connectivity index (χ0n) is 18.7. The second-order valence-electron chi connectivity index (χ2n) is 8.70. The maximum absolute atomic E-state index is 13.7. The Kier molecular flexibility index (Phi) is 6.51. The third-order valence-electron chi connectivity index (χ3n) is 6.35. The quantitative estimate of drug-likeness (QED) is 0.539. The fraction of sp³-hybridized carbons (Fsp3) is 0.308. The Balaban J connectivity index is 1.37. The van der Waals surface area contributed by atoms with Gasteiger partial charge in [0, 0.05) is 29.9 Å². The molecule has 1 fully saturated rings. The van der Waals surface area contributed by atoms with E-state index in [1.165, 1.54) is 11.3 Å². The van der Waals surface area contributed by atoms with Gasteiger partial charge in [-0.05, 0) is 73.0 Å². The fourth-order valence-corrected chi connectivity index (χ4v) is 5.14. The van der Waals surface area contributed by atoms with E-state index in [2.05, 4.69) is 5.32 Å². The van der Waals surface area contributed by atoms with Crippen LogP contribution < -0.4 is 20.5 Å². The molecular weight excluding hydrogens is 450 g/mol. The van der Waals surface area contributed by atoms with E-state index >= 15 is 0 Å². The summed E-state index contributed by atoms with van der Waals surface area (Å²) < 4.78 is 10.9. The number of fused-ring (bicyclic) bond motifs is 1. The summed E-state index contributed by atoms with van der Waals surface area (Å²) in [7, 11) is 0. The van der Waals surface area contributed by atoms with Crippen LogP contribution in [0.4, 0.5) is 5.69 Å². The van der Waals surface area contributed by atoms with Crippen LogP contribution in [-0.2, 0) is 6.54 Å². The van der Waals surface area contributed by atoms with E-state index in [1.54, 1.807) is 24.3 Å². The Labute approximate surface area is 202 Å². The molecule has 2 aromatic carbocycles. The van der Waals surface area contributed by atoms with Gasteiger partial charge in [0.1, 0.15) is 0 Å². The number of carbonyl (C=O) groups is 2. The fourth-order valence-electron chi connectivity index (χ4n) is 4.52. The highest BCUT2D eigenvalue weighted by atomic mass is 32.1. The number of amides is 2. The van der Waals surface area contributed by atoms with E-state index in [-0.39, 0.29) is 30.7 Å². The van der Waals surface area contributed by atoms with Crippen LogP contribution >= 0.6 is 11.3 Å². The molecule has 1 aliphatic carbocycles. The summed E-state index contributed by atoms with van der Waals surface area (Å²) in [6, 6.07) is 16.9. The minimum absolute atomic E-state index is 0.0493. The molecule has 2 heterocycles. The molecule has 5 rings (SSSR count). The number of rotatable bonds is 6. The maximum atomic E-state index is 13.7. The number of carbonyl (C=O) groups excluding carboxylic acids is 2. The number of thiophene rings is 1. The lowest BCUT2D eigenvalue weighted by Gasteiger charge is -2.36. The predicted molar refractivity (Wildman–Crippen MR) is 131 cm³/mol. The lowest BCUT2D eigenvalue weighted by Crippen LogP contribution is -2.43. The Morgan fingerprint density at radius 2 is 1.82 bits per heavy atom. The maximum Gasteiger partial charge on any atom is 0.265 e. The first-order valence-electron chi connectivity index (χ1n) is 11.5. The van der Waals surface area contributed by atoms with E-state index < -0.39 is 0 Å². The van der Waals surface area contributed by atoms with Crippen molar-refractivity contribution < 1.29 is 19.1 Å². The van der Waals surface area contributed by atoms with Gasteiger partial charge in [-0.1, -0.05) is 18.2 Å². The first-order chi connectivity index (χ1) is 16.6. The first-order valence-corrected chi connectivity index (χ1v) is 12.3. The summed E-state index contributed by atoms with van der Waals surface area (Å²) in [6.45, 7) is 0.608. The normalized spacial score (nSPS) is 19.0. The monoisotopic (exact) mass is 477 g/mol. The number of nitrogens with one attached hydrogen (secondary N) is 1. The molecule has 0 saturated heterocycles. The number of hydrogen-bond donors (Lipinski definition) is 2. The third-order valence-corrected chi connectivity index (χ3v) is 7.21. The summed E-state index contributed by atoms with van der Waals surface area (Å²) in [4.78, 5) is 28.7. The van der Waals surface area contributed by atoms with Crippen LogP contribution in [0, 0.1) is 0 Å². The number of nitrogens with two attached hydrogens (primary N) is 1. The van der Waals surface area contributed by atoms with Gasteiger partial charge < -0.3 is 25.4 Å². The molecule has 2 aliphatic rings. The van der Waals surface area contributed by atoms with Gasteiger partial charge >= 0.3 is 0 Å². The molecule has 7 nitrogen and oxygen atoms in total. The van der Waals surface area contributed by atoms with Gasteiger partial charge in [-0.3, -0.25) is 9.59 Å². The van der Waals surface area contributed by atoms with Crippen molar-refractivity contribution in [3.05, 3.63) is 76.0 Å². The average Bonchev–Trinajstić information content (AvgIpc) is 3.55. The minimum atomic E-state index is -0.137. The van der Waals surface area contributed by atoms with Gasteiger partial charge in [-0.2, -0.15) is 0 Å². The second-order valence-corrected chi connectivity index (χ2v) is 9.65. The van der Waals surface area contributed by atoms with Gasteiger partial charge in [0.05, 0.1) is 4.88 Å². The molecule has 0 bridgehead atoms. The molecule has 176 valence electrons. The number of ether oxygens (including phenoxy) is 2. The molecule has 8 heteroatoms. The van der Waals surface area contributed by atoms with Crippen LogP contribution in [0.15, 0.2) is 60.0 Å². The van der Waals surface area contributed by atoms with Crippen molar-refractivity contribution in [2.75, 3.05) is 12.1 Å². The molecule has 1 saturated carbocycles. The van der Waals surface area contributed by atoms with Crippen LogP contribution in [0.2, 0.25) is 0 Å². The van der Waals surface area contributed by atoms with Crippen molar-refractivity contribution in [3.63, 3.8) is 0 Å². The van der Waals surface area contributed by atoms with Gasteiger partial charge in [-0.15, -0.1) is 11.3 Å². The van der Waals surface area contributed by atoms with Crippen molar-refractivity contribution in [1.82, 2.24) is 4.90 Å². The zero-order chi connectivity index (χ0) is 23.5. The van der Waals surface area contributed by atoms with Crippen molar-refractivity contribution in [2.45, 2.75) is 44.3 Å². The Bertz CT molecular complexity index is 1170. The third kappa shape index (κ3) is 4.93. The standard InChI is InChI=1S/C26H27N3O4S/c27-19-7-9-21(10-8-19)29(26(31)18-6-11-22-23(14-18)33-16-32-22)15-17-3-1-4-20(13-17)28-25(30)24-5-2-12-34-24/h1-6,11-14,19,21H,7-10,15-16,27H2,(H,28,30). The molecule has 3 N–H and O–H groups in total. The molecule has 0 unspecified atom stereocenters. The van der Waals surface area contributed by atoms with E-state index in [4.69, 9.17) is 15.2 Å². The minimum Gasteiger partial charge on any atom is -0.454 e. The summed E-state index contributed by atoms with van der Waals surface area (Å²) in [5.41, 5.74) is 8.36. The summed E-state index contributed by atoms with van der Waals surface area (Å²) in [5, 5.41) is 4.83. The molecule has 1 aromatic heterocycles. The summed E-state index contributed by atoms with van der Waals surface area (Å²) >= 11 is 1.40. The molecule has 0 atom stereocenters. The number of anilines is 1. The molecule has 1 aliphatic heterocycles. The Hall–Kier alpha value is -3.36. The van der Waals surface area contributed by atoms with Crippen molar-refractivity contribution in [3.8, 4) is 11.5 Å². The van der Waals surface area contributed by atoms with Crippen LogP contribution in [0.25, 0.3) is 0 Å². The SMILES string of the molecule is NC1CCC(N(Cc2cccc(NC(=O)c3cccs3)c2)C(=O)c2ccc3c(c2)OCO3)CC1. The average molecular weight is 478 g/mol. The van der Waals surface area contributed by atoms with Crippen LogP contribution in [0.1, 0.15) is 51.3 Å². The van der Waals surface area contributed by atoms with E-state index in [9.17, 15) is 9.59 Å². The zero-order valence-corrected chi connectivity index (χ0v) is 19.6. The molecule has 34 heavy (non-hydrogen) atoms. The van der Waals surface area contributed by atoms with E-state index in [0.29, 0.717) is 34.2 Å². The number of benzene rings is 2. The second kappa shape index (κ2) is 9.87. The molecule has 2 amide bonds. The predicted octanol–water partition coefficient (Wildman–Crippen LogP) is 4.64. The van der Waals surface area contributed by atoms with Crippen molar-refractivity contribution >= 4 is 28.8 Å². The summed E-state index contributed by atoms with van der Waals surface area (Å²) in [6.07, 6.45) is 3.53. The number of hydrogen-bond acceptors (Lipinski definition) is 6. The highest BCUT2D eigenvalue weighted by Gasteiger charge is 2.29. The lowest BCUT2D eigenvalue weighted by molar-refractivity contribution is 0.0606. The molecular formula is C26H27N3O4S. The summed E-state index contributed by atoms with van der Waals surface area (Å²) in [5.74, 6) is 1.06. The Morgan fingerprint density at radius 3 is 2.62 bits per heavy atom. The smallest absolute Gasteiger partial charge is 0.265 e. The molecule has 0 spiro atoms. The topological polar surface area (TPSA) is 93.9 Å². The van der Waals surface area contributed by atoms with Crippen LogP contribution in [0.3, 0.4) is 0 Å². The highest BCUT2D eigenvalue weighted by Crippen LogP contribution is 2.34. The Morgan fingerprint density at radius 1 is 1.00 bits per heavy atom. The largest absolute Gasteiger partial charge is 0.454 e. The van der Waals surface area contributed by atoms with Crippen molar-refractivity contribution in [1.29, 1.82) is 0 Å². The van der Waals surface area contributed by atoms with E-state index in [0.717, 1.165) is 31.2 Å². The van der Waals surface area contributed by atoms with Crippen molar-refractivity contribution in [2.24, 2.45) is 5.73 Å². The van der Waals surface area contributed by atoms with Gasteiger partial charge in [0.15, 0.2) is 11.5 Å². The van der Waals surface area contributed by atoms with Gasteiger partial charge in [-0.25, -0.2) is 0 Å². The first kappa shape index (κ1) is 22.4.